The molecule has 0 unspecified atom stereocenters. The maximum absolute atomic E-state index is 12.1. The molecule has 0 aliphatic carbocycles. The summed E-state index contributed by atoms with van der Waals surface area (Å²) in [5.41, 5.74) is 2.35. The zero-order valence-corrected chi connectivity index (χ0v) is 12.9. The first-order valence-electron chi connectivity index (χ1n) is 7.24. The third kappa shape index (κ3) is 3.89. The normalized spacial score (nSPS) is 16.2. The van der Waals surface area contributed by atoms with Gasteiger partial charge in [0.1, 0.15) is 0 Å². The maximum atomic E-state index is 12.1. The van der Waals surface area contributed by atoms with Gasteiger partial charge in [-0.15, -0.1) is 0 Å². The van der Waals surface area contributed by atoms with Crippen molar-refractivity contribution in [3.05, 3.63) is 29.8 Å². The number of carbonyl (C=O) groups excluding carboxylic acids is 1. The minimum absolute atomic E-state index is 0.0430. The Balaban J connectivity index is 1.91. The van der Waals surface area contributed by atoms with E-state index >= 15 is 0 Å². The van der Waals surface area contributed by atoms with E-state index in [-0.39, 0.29) is 11.6 Å². The number of carbonyl (C=O) groups is 1. The zero-order valence-electron chi connectivity index (χ0n) is 12.9. The van der Waals surface area contributed by atoms with Gasteiger partial charge in [-0.1, -0.05) is 12.1 Å². The molecule has 0 aromatic heterocycles. The molecule has 0 spiro atoms. The Kier molecular flexibility index (Phi) is 4.21. The van der Waals surface area contributed by atoms with Crippen molar-refractivity contribution in [2.75, 3.05) is 31.1 Å². The van der Waals surface area contributed by atoms with Crippen molar-refractivity contribution in [3.8, 4) is 0 Å². The average Bonchev–Trinajstić information content (AvgIpc) is 2.37. The van der Waals surface area contributed by atoms with Gasteiger partial charge in [0.25, 0.3) is 0 Å². The van der Waals surface area contributed by atoms with Gasteiger partial charge in [-0.05, 0) is 45.4 Å². The molecule has 1 aliphatic heterocycles. The SMILES string of the molecule is Cc1cccc(N2CCN(C(=O)NC(C)(C)C)CC2)c1. The van der Waals surface area contributed by atoms with Crippen molar-refractivity contribution in [2.45, 2.75) is 33.2 Å². The molecular formula is C16H25N3O. The lowest BCUT2D eigenvalue weighted by Gasteiger charge is -2.37. The number of hydrogen-bond acceptors (Lipinski definition) is 2. The summed E-state index contributed by atoms with van der Waals surface area (Å²) in [6.45, 7) is 11.5. The first kappa shape index (κ1) is 14.7. The molecular weight excluding hydrogens is 250 g/mol. The molecule has 110 valence electrons. The van der Waals surface area contributed by atoms with Crippen LogP contribution in [0.5, 0.6) is 0 Å². The van der Waals surface area contributed by atoms with Crippen molar-refractivity contribution in [2.24, 2.45) is 0 Å². The third-order valence-electron chi connectivity index (χ3n) is 3.42. The van der Waals surface area contributed by atoms with E-state index in [2.05, 4.69) is 41.4 Å². The Bertz CT molecular complexity index is 471. The highest BCUT2D eigenvalue weighted by Gasteiger charge is 2.23. The molecule has 1 saturated heterocycles. The lowest BCUT2D eigenvalue weighted by atomic mass is 10.1. The fourth-order valence-electron chi connectivity index (χ4n) is 2.39. The average molecular weight is 275 g/mol. The minimum atomic E-state index is -0.176. The van der Waals surface area contributed by atoms with Gasteiger partial charge in [-0.3, -0.25) is 0 Å². The molecule has 0 radical (unpaired) electrons. The number of piperazine rings is 1. The summed E-state index contributed by atoms with van der Waals surface area (Å²) in [5.74, 6) is 0. The molecule has 1 fully saturated rings. The standard InChI is InChI=1S/C16H25N3O/c1-13-6-5-7-14(12-13)18-8-10-19(11-9-18)15(20)17-16(2,3)4/h5-7,12H,8-11H2,1-4H3,(H,17,20). The summed E-state index contributed by atoms with van der Waals surface area (Å²) in [4.78, 5) is 16.3. The lowest BCUT2D eigenvalue weighted by molar-refractivity contribution is 0.185. The Morgan fingerprint density at radius 2 is 1.80 bits per heavy atom. The summed E-state index contributed by atoms with van der Waals surface area (Å²) >= 11 is 0. The number of rotatable bonds is 1. The molecule has 0 bridgehead atoms. The van der Waals surface area contributed by atoms with E-state index in [9.17, 15) is 4.79 Å². The Labute approximate surface area is 121 Å². The number of aryl methyl sites for hydroxylation is 1. The van der Waals surface area contributed by atoms with E-state index in [1.807, 2.05) is 25.7 Å². The van der Waals surface area contributed by atoms with Crippen LogP contribution >= 0.6 is 0 Å². The van der Waals surface area contributed by atoms with Crippen molar-refractivity contribution in [3.63, 3.8) is 0 Å². The van der Waals surface area contributed by atoms with Crippen LogP contribution in [-0.4, -0.2) is 42.6 Å². The largest absolute Gasteiger partial charge is 0.368 e. The fraction of sp³-hybridized carbons (Fsp3) is 0.562. The predicted octanol–water partition coefficient (Wildman–Crippen LogP) is 2.63. The highest BCUT2D eigenvalue weighted by molar-refractivity contribution is 5.75. The molecule has 0 atom stereocenters. The van der Waals surface area contributed by atoms with Gasteiger partial charge in [0.15, 0.2) is 0 Å². The topological polar surface area (TPSA) is 35.6 Å². The van der Waals surface area contributed by atoms with Gasteiger partial charge in [0, 0.05) is 37.4 Å². The number of nitrogens with zero attached hydrogens (tertiary/aromatic N) is 2. The first-order valence-corrected chi connectivity index (χ1v) is 7.24. The summed E-state index contributed by atoms with van der Waals surface area (Å²) in [6.07, 6.45) is 0. The van der Waals surface area contributed by atoms with Gasteiger partial charge >= 0.3 is 6.03 Å². The lowest BCUT2D eigenvalue weighted by Crippen LogP contribution is -2.55. The molecule has 1 heterocycles. The van der Waals surface area contributed by atoms with Crippen LogP contribution in [0.4, 0.5) is 10.5 Å². The second-order valence-electron chi connectivity index (χ2n) is 6.49. The van der Waals surface area contributed by atoms with E-state index in [1.54, 1.807) is 0 Å². The predicted molar refractivity (Wildman–Crippen MR) is 83.2 cm³/mol. The van der Waals surface area contributed by atoms with Crippen LogP contribution in [0.2, 0.25) is 0 Å². The number of nitrogens with one attached hydrogen (secondary N) is 1. The number of amides is 2. The summed E-state index contributed by atoms with van der Waals surface area (Å²) in [7, 11) is 0. The highest BCUT2D eigenvalue weighted by atomic mass is 16.2. The van der Waals surface area contributed by atoms with E-state index in [1.165, 1.54) is 11.3 Å². The van der Waals surface area contributed by atoms with E-state index < -0.39 is 0 Å². The fourth-order valence-corrected chi connectivity index (χ4v) is 2.39. The molecule has 1 N–H and O–H groups in total. The monoisotopic (exact) mass is 275 g/mol. The molecule has 4 nitrogen and oxygen atoms in total. The van der Waals surface area contributed by atoms with Crippen molar-refractivity contribution in [1.29, 1.82) is 0 Å². The van der Waals surface area contributed by atoms with Crippen LogP contribution in [0.3, 0.4) is 0 Å². The molecule has 0 saturated carbocycles. The molecule has 2 rings (SSSR count). The minimum Gasteiger partial charge on any atom is -0.368 e. The number of anilines is 1. The summed E-state index contributed by atoms with van der Waals surface area (Å²) in [5, 5.41) is 3.02. The third-order valence-corrected chi connectivity index (χ3v) is 3.42. The molecule has 1 aliphatic rings. The molecule has 1 aromatic rings. The second kappa shape index (κ2) is 5.73. The molecule has 4 heteroatoms. The number of hydrogen-bond donors (Lipinski definition) is 1. The van der Waals surface area contributed by atoms with Crippen LogP contribution in [0, 0.1) is 6.92 Å². The van der Waals surface area contributed by atoms with Crippen molar-refractivity contribution >= 4 is 11.7 Å². The molecule has 1 aromatic carbocycles. The van der Waals surface area contributed by atoms with E-state index in [4.69, 9.17) is 0 Å². The van der Waals surface area contributed by atoms with E-state index in [0.29, 0.717) is 0 Å². The van der Waals surface area contributed by atoms with Crippen LogP contribution < -0.4 is 10.2 Å². The zero-order chi connectivity index (χ0) is 14.8. The van der Waals surface area contributed by atoms with Gasteiger partial charge in [0.05, 0.1) is 0 Å². The van der Waals surface area contributed by atoms with Crippen LogP contribution in [-0.2, 0) is 0 Å². The molecule has 20 heavy (non-hydrogen) atoms. The number of benzene rings is 1. The van der Waals surface area contributed by atoms with Gasteiger partial charge in [-0.25, -0.2) is 4.79 Å². The maximum Gasteiger partial charge on any atom is 0.317 e. The summed E-state index contributed by atoms with van der Waals surface area (Å²) in [6, 6.07) is 8.57. The van der Waals surface area contributed by atoms with Crippen molar-refractivity contribution in [1.82, 2.24) is 10.2 Å². The van der Waals surface area contributed by atoms with Gasteiger partial charge in [-0.2, -0.15) is 0 Å². The van der Waals surface area contributed by atoms with E-state index in [0.717, 1.165) is 26.2 Å². The Morgan fingerprint density at radius 1 is 1.15 bits per heavy atom. The summed E-state index contributed by atoms with van der Waals surface area (Å²) < 4.78 is 0. The first-order chi connectivity index (χ1) is 9.35. The van der Waals surface area contributed by atoms with Crippen molar-refractivity contribution < 1.29 is 4.79 Å². The van der Waals surface area contributed by atoms with Crippen LogP contribution in [0.15, 0.2) is 24.3 Å². The van der Waals surface area contributed by atoms with Crippen LogP contribution in [0.1, 0.15) is 26.3 Å². The quantitative estimate of drug-likeness (QED) is 0.855. The smallest absolute Gasteiger partial charge is 0.317 e. The second-order valence-corrected chi connectivity index (χ2v) is 6.49. The Morgan fingerprint density at radius 3 is 2.35 bits per heavy atom. The Hall–Kier alpha value is -1.71. The molecule has 2 amide bonds. The van der Waals surface area contributed by atoms with Crippen LogP contribution in [0.25, 0.3) is 0 Å². The highest BCUT2D eigenvalue weighted by Crippen LogP contribution is 2.18. The number of urea groups is 1. The van der Waals surface area contributed by atoms with Gasteiger partial charge < -0.3 is 15.1 Å². The van der Waals surface area contributed by atoms with Gasteiger partial charge in [0.2, 0.25) is 0 Å².